The number of carbonyl (C=O) groups excluding carboxylic acids is 1. The van der Waals surface area contributed by atoms with Gasteiger partial charge in [0.2, 0.25) is 15.9 Å². The average Bonchev–Trinajstić information content (AvgIpc) is 3.24. The van der Waals surface area contributed by atoms with Crippen LogP contribution < -0.4 is 0 Å². The lowest BCUT2D eigenvalue weighted by Crippen LogP contribution is -2.52. The largest absolute Gasteiger partial charge is 0.340 e. The predicted molar refractivity (Wildman–Crippen MR) is 95.4 cm³/mol. The van der Waals surface area contributed by atoms with Crippen molar-refractivity contribution in [3.8, 4) is 0 Å². The SMILES string of the molecule is Cc1cccc(S(=O)(=O)N2CCN(C(=O)C3CC4C=CC3C4)CC2)c1. The highest BCUT2D eigenvalue weighted by atomic mass is 32.2. The van der Waals surface area contributed by atoms with Gasteiger partial charge in [-0.25, -0.2) is 8.42 Å². The van der Waals surface area contributed by atoms with E-state index in [4.69, 9.17) is 0 Å². The molecule has 0 radical (unpaired) electrons. The Kier molecular flexibility index (Phi) is 4.20. The van der Waals surface area contributed by atoms with Gasteiger partial charge in [0.1, 0.15) is 0 Å². The third-order valence-corrected chi connectivity index (χ3v) is 7.67. The zero-order chi connectivity index (χ0) is 17.6. The van der Waals surface area contributed by atoms with Gasteiger partial charge < -0.3 is 4.90 Å². The molecule has 2 aliphatic carbocycles. The highest BCUT2D eigenvalue weighted by molar-refractivity contribution is 7.89. The van der Waals surface area contributed by atoms with E-state index < -0.39 is 10.0 Å². The lowest BCUT2D eigenvalue weighted by molar-refractivity contribution is -0.137. The Hall–Kier alpha value is -1.66. The minimum atomic E-state index is -3.48. The molecule has 1 amide bonds. The van der Waals surface area contributed by atoms with Crippen LogP contribution in [0.5, 0.6) is 0 Å². The van der Waals surface area contributed by atoms with E-state index >= 15 is 0 Å². The molecule has 3 atom stereocenters. The summed E-state index contributed by atoms with van der Waals surface area (Å²) in [5.74, 6) is 1.29. The van der Waals surface area contributed by atoms with Crippen molar-refractivity contribution >= 4 is 15.9 Å². The van der Waals surface area contributed by atoms with Crippen LogP contribution in [0.1, 0.15) is 18.4 Å². The summed E-state index contributed by atoms with van der Waals surface area (Å²) in [6, 6.07) is 7.00. The maximum Gasteiger partial charge on any atom is 0.243 e. The minimum Gasteiger partial charge on any atom is -0.340 e. The molecule has 2 fully saturated rings. The summed E-state index contributed by atoms with van der Waals surface area (Å²) in [7, 11) is -3.48. The average molecular weight is 360 g/mol. The first kappa shape index (κ1) is 16.8. The van der Waals surface area contributed by atoms with Crippen molar-refractivity contribution < 1.29 is 13.2 Å². The summed E-state index contributed by atoms with van der Waals surface area (Å²) >= 11 is 0. The molecule has 25 heavy (non-hydrogen) atoms. The van der Waals surface area contributed by atoms with Crippen molar-refractivity contribution in [3.05, 3.63) is 42.0 Å². The number of nitrogens with zero attached hydrogens (tertiary/aromatic N) is 2. The fourth-order valence-electron chi connectivity index (χ4n) is 4.37. The normalized spacial score (nSPS) is 29.3. The van der Waals surface area contributed by atoms with E-state index in [0.717, 1.165) is 18.4 Å². The number of aryl methyl sites for hydroxylation is 1. The molecule has 1 aromatic carbocycles. The van der Waals surface area contributed by atoms with Gasteiger partial charge in [-0.05, 0) is 49.3 Å². The molecule has 0 spiro atoms. The highest BCUT2D eigenvalue weighted by Crippen LogP contribution is 2.44. The van der Waals surface area contributed by atoms with Gasteiger partial charge >= 0.3 is 0 Å². The second-order valence-corrected chi connectivity index (χ2v) is 9.37. The number of benzene rings is 1. The molecule has 1 heterocycles. The van der Waals surface area contributed by atoms with Gasteiger partial charge in [-0.2, -0.15) is 4.31 Å². The first-order chi connectivity index (χ1) is 11.9. The quantitative estimate of drug-likeness (QED) is 0.775. The Bertz CT molecular complexity index is 810. The second-order valence-electron chi connectivity index (χ2n) is 7.43. The van der Waals surface area contributed by atoms with Crippen LogP contribution in [0.3, 0.4) is 0 Å². The Balaban J connectivity index is 1.41. The molecule has 3 aliphatic rings. The Labute approximate surface area is 149 Å². The smallest absolute Gasteiger partial charge is 0.243 e. The van der Waals surface area contributed by atoms with E-state index in [1.54, 1.807) is 18.2 Å². The van der Waals surface area contributed by atoms with Crippen molar-refractivity contribution in [1.82, 2.24) is 9.21 Å². The number of amides is 1. The molecule has 5 nitrogen and oxygen atoms in total. The lowest BCUT2D eigenvalue weighted by atomic mass is 9.92. The van der Waals surface area contributed by atoms with E-state index in [-0.39, 0.29) is 11.8 Å². The van der Waals surface area contributed by atoms with E-state index in [9.17, 15) is 13.2 Å². The Morgan fingerprint density at radius 2 is 1.84 bits per heavy atom. The number of rotatable bonds is 3. The molecule has 4 rings (SSSR count). The van der Waals surface area contributed by atoms with Crippen LogP contribution in [0.25, 0.3) is 0 Å². The van der Waals surface area contributed by atoms with Crippen LogP contribution in [-0.4, -0.2) is 49.7 Å². The van der Waals surface area contributed by atoms with Crippen molar-refractivity contribution in [2.45, 2.75) is 24.7 Å². The van der Waals surface area contributed by atoms with E-state index in [1.165, 1.54) is 4.31 Å². The number of hydrogen-bond acceptors (Lipinski definition) is 3. The van der Waals surface area contributed by atoms with E-state index in [1.807, 2.05) is 17.9 Å². The zero-order valence-electron chi connectivity index (χ0n) is 14.5. The fourth-order valence-corrected chi connectivity index (χ4v) is 5.90. The van der Waals surface area contributed by atoms with Gasteiger partial charge in [-0.3, -0.25) is 4.79 Å². The molecule has 1 aliphatic heterocycles. The molecule has 1 saturated carbocycles. The van der Waals surface area contributed by atoms with Gasteiger partial charge in [0.25, 0.3) is 0 Å². The number of piperazine rings is 1. The second kappa shape index (κ2) is 6.25. The van der Waals surface area contributed by atoms with Crippen LogP contribution in [0, 0.1) is 24.7 Å². The van der Waals surface area contributed by atoms with Crippen molar-refractivity contribution in [3.63, 3.8) is 0 Å². The maximum absolute atomic E-state index is 12.8. The van der Waals surface area contributed by atoms with E-state index in [0.29, 0.717) is 42.9 Å². The summed E-state index contributed by atoms with van der Waals surface area (Å²) < 4.78 is 27.1. The minimum absolute atomic E-state index is 0.106. The first-order valence-electron chi connectivity index (χ1n) is 8.99. The molecule has 1 aromatic rings. The van der Waals surface area contributed by atoms with Crippen LogP contribution >= 0.6 is 0 Å². The standard InChI is InChI=1S/C19H24N2O3S/c1-14-3-2-4-17(11-14)25(23,24)21-9-7-20(8-10-21)19(22)18-13-15-5-6-16(18)12-15/h2-6,11,15-16,18H,7-10,12-13H2,1H3. The molecule has 3 unspecified atom stereocenters. The topological polar surface area (TPSA) is 57.7 Å². The summed E-state index contributed by atoms with van der Waals surface area (Å²) in [4.78, 5) is 15.0. The number of hydrogen-bond donors (Lipinski definition) is 0. The van der Waals surface area contributed by atoms with Crippen LogP contribution in [0.2, 0.25) is 0 Å². The maximum atomic E-state index is 12.8. The summed E-state index contributed by atoms with van der Waals surface area (Å²) in [6.07, 6.45) is 6.50. The molecule has 2 bridgehead atoms. The predicted octanol–water partition coefficient (Wildman–Crippen LogP) is 2.04. The lowest BCUT2D eigenvalue weighted by Gasteiger charge is -2.36. The molecule has 0 N–H and O–H groups in total. The first-order valence-corrected chi connectivity index (χ1v) is 10.4. The zero-order valence-corrected chi connectivity index (χ0v) is 15.3. The molecular formula is C19H24N2O3S. The number of sulfonamides is 1. The van der Waals surface area contributed by atoms with Crippen molar-refractivity contribution in [1.29, 1.82) is 0 Å². The van der Waals surface area contributed by atoms with Gasteiger partial charge in [-0.1, -0.05) is 24.3 Å². The summed E-state index contributed by atoms with van der Waals surface area (Å²) in [5.41, 5.74) is 0.930. The van der Waals surface area contributed by atoms with Crippen molar-refractivity contribution in [2.75, 3.05) is 26.2 Å². The third kappa shape index (κ3) is 3.02. The number of fused-ring (bicyclic) bond motifs is 2. The molecular weight excluding hydrogens is 336 g/mol. The van der Waals surface area contributed by atoms with Crippen LogP contribution in [0.15, 0.2) is 41.3 Å². The van der Waals surface area contributed by atoms with Gasteiger partial charge in [0, 0.05) is 32.1 Å². The van der Waals surface area contributed by atoms with Crippen LogP contribution in [0.4, 0.5) is 0 Å². The van der Waals surface area contributed by atoms with E-state index in [2.05, 4.69) is 12.2 Å². The fraction of sp³-hybridized carbons (Fsp3) is 0.526. The molecule has 0 aromatic heterocycles. The van der Waals surface area contributed by atoms with Gasteiger partial charge in [0.15, 0.2) is 0 Å². The Morgan fingerprint density at radius 1 is 1.08 bits per heavy atom. The van der Waals surface area contributed by atoms with Crippen LogP contribution in [-0.2, 0) is 14.8 Å². The van der Waals surface area contributed by atoms with Crippen molar-refractivity contribution in [2.24, 2.45) is 17.8 Å². The summed E-state index contributed by atoms with van der Waals surface area (Å²) in [5, 5.41) is 0. The monoisotopic (exact) mass is 360 g/mol. The van der Waals surface area contributed by atoms with Gasteiger partial charge in [0.05, 0.1) is 4.90 Å². The number of carbonyl (C=O) groups is 1. The molecule has 6 heteroatoms. The third-order valence-electron chi connectivity index (χ3n) is 5.77. The number of allylic oxidation sites excluding steroid dienone is 2. The molecule has 134 valence electrons. The molecule has 1 saturated heterocycles. The van der Waals surface area contributed by atoms with Gasteiger partial charge in [-0.15, -0.1) is 0 Å². The Morgan fingerprint density at radius 3 is 2.44 bits per heavy atom. The summed E-state index contributed by atoms with van der Waals surface area (Å²) in [6.45, 7) is 3.61. The highest BCUT2D eigenvalue weighted by Gasteiger charge is 2.42.